The molecule has 1 N–H and O–H groups in total. The first-order valence-electron chi connectivity index (χ1n) is 13.0. The Morgan fingerprint density at radius 2 is 1.26 bits per heavy atom. The van der Waals surface area contributed by atoms with E-state index in [2.05, 4.69) is 45.5 Å². The van der Waals surface area contributed by atoms with Crippen molar-refractivity contribution in [3.05, 3.63) is 142 Å². The molecular formula is C33H33BrN2O2. The Morgan fingerprint density at radius 1 is 0.737 bits per heavy atom. The zero-order valence-electron chi connectivity index (χ0n) is 21.6. The van der Waals surface area contributed by atoms with Crippen molar-refractivity contribution in [1.82, 2.24) is 10.2 Å². The minimum atomic E-state index is -0.638. The molecule has 0 radical (unpaired) electrons. The summed E-state index contributed by atoms with van der Waals surface area (Å²) >= 11 is 3.50. The Labute approximate surface area is 233 Å². The van der Waals surface area contributed by atoms with Gasteiger partial charge in [-0.15, -0.1) is 0 Å². The predicted octanol–water partition coefficient (Wildman–Crippen LogP) is 6.75. The van der Waals surface area contributed by atoms with Crippen molar-refractivity contribution in [1.29, 1.82) is 0 Å². The molecule has 4 nitrogen and oxygen atoms in total. The highest BCUT2D eigenvalue weighted by Gasteiger charge is 2.32. The fraction of sp³-hybridized carbons (Fsp3) is 0.212. The molecule has 0 aromatic heterocycles. The Kier molecular flexibility index (Phi) is 9.88. The number of hydrogen-bond acceptors (Lipinski definition) is 2. The number of carbonyl (C=O) groups excluding carboxylic acids is 2. The van der Waals surface area contributed by atoms with E-state index in [1.807, 2.05) is 97.9 Å². The summed E-state index contributed by atoms with van der Waals surface area (Å²) in [5.41, 5.74) is 4.14. The van der Waals surface area contributed by atoms with Crippen molar-refractivity contribution in [3.63, 3.8) is 0 Å². The highest BCUT2D eigenvalue weighted by molar-refractivity contribution is 9.10. The fourth-order valence-electron chi connectivity index (χ4n) is 4.72. The van der Waals surface area contributed by atoms with E-state index in [1.165, 1.54) is 0 Å². The zero-order valence-corrected chi connectivity index (χ0v) is 23.2. The van der Waals surface area contributed by atoms with Crippen molar-refractivity contribution in [2.24, 2.45) is 0 Å². The molecule has 0 unspecified atom stereocenters. The third kappa shape index (κ3) is 7.42. The first kappa shape index (κ1) is 27.3. The summed E-state index contributed by atoms with van der Waals surface area (Å²) in [6.45, 7) is 2.75. The molecule has 194 valence electrons. The van der Waals surface area contributed by atoms with Gasteiger partial charge in [0.25, 0.3) is 0 Å². The van der Waals surface area contributed by atoms with Crippen LogP contribution in [0.1, 0.15) is 41.5 Å². The van der Waals surface area contributed by atoms with Crippen LogP contribution in [0.3, 0.4) is 0 Å². The standard InChI is InChI=1S/C33H33BrN2O2/c1-2-35-33(38)31(22-25-12-6-3-7-13-25)36(24-26-18-20-29(34)21-19-26)32(37)23-30(27-14-8-4-9-15-27)28-16-10-5-11-17-28/h3-21,30-31H,2,22-24H2,1H3,(H,35,38)/t31-/m0/s1. The van der Waals surface area contributed by atoms with Crippen LogP contribution in [0.2, 0.25) is 0 Å². The number of nitrogens with one attached hydrogen (secondary N) is 1. The van der Waals surface area contributed by atoms with Crippen LogP contribution in [0.25, 0.3) is 0 Å². The molecule has 0 spiro atoms. The van der Waals surface area contributed by atoms with E-state index in [9.17, 15) is 9.59 Å². The highest BCUT2D eigenvalue weighted by atomic mass is 79.9. The average molecular weight is 570 g/mol. The Bertz CT molecular complexity index is 1260. The molecule has 0 saturated carbocycles. The lowest BCUT2D eigenvalue weighted by Gasteiger charge is -2.33. The maximum absolute atomic E-state index is 14.2. The van der Waals surface area contributed by atoms with Crippen LogP contribution in [0.5, 0.6) is 0 Å². The van der Waals surface area contributed by atoms with Crippen LogP contribution in [0, 0.1) is 0 Å². The number of benzene rings is 4. The van der Waals surface area contributed by atoms with Gasteiger partial charge in [0.2, 0.25) is 11.8 Å². The maximum atomic E-state index is 14.2. The molecule has 0 aliphatic carbocycles. The summed E-state index contributed by atoms with van der Waals surface area (Å²) < 4.78 is 0.969. The van der Waals surface area contributed by atoms with Crippen LogP contribution in [0.4, 0.5) is 0 Å². The number of hydrogen-bond donors (Lipinski definition) is 1. The summed E-state index contributed by atoms with van der Waals surface area (Å²) in [4.78, 5) is 29.5. The quantitative estimate of drug-likeness (QED) is 0.217. The summed E-state index contributed by atoms with van der Waals surface area (Å²) in [6, 6.07) is 37.4. The number of likely N-dealkylation sites (N-methyl/N-ethyl adjacent to an activating group) is 1. The number of halogens is 1. The molecule has 0 bridgehead atoms. The SMILES string of the molecule is CCNC(=O)[C@H](Cc1ccccc1)N(Cc1ccc(Br)cc1)C(=O)CC(c1ccccc1)c1ccccc1. The number of amides is 2. The van der Waals surface area contributed by atoms with Gasteiger partial charge in [-0.25, -0.2) is 0 Å². The van der Waals surface area contributed by atoms with Gasteiger partial charge in [-0.3, -0.25) is 9.59 Å². The van der Waals surface area contributed by atoms with Crippen LogP contribution in [0.15, 0.2) is 120 Å². The van der Waals surface area contributed by atoms with E-state index >= 15 is 0 Å². The molecule has 4 rings (SSSR count). The van der Waals surface area contributed by atoms with Crippen molar-refractivity contribution < 1.29 is 9.59 Å². The van der Waals surface area contributed by atoms with E-state index in [1.54, 1.807) is 4.90 Å². The average Bonchev–Trinajstić information content (AvgIpc) is 2.96. The lowest BCUT2D eigenvalue weighted by molar-refractivity contribution is -0.141. The molecule has 38 heavy (non-hydrogen) atoms. The fourth-order valence-corrected chi connectivity index (χ4v) is 4.99. The van der Waals surface area contributed by atoms with Crippen LogP contribution in [-0.2, 0) is 22.6 Å². The van der Waals surface area contributed by atoms with E-state index in [4.69, 9.17) is 0 Å². The van der Waals surface area contributed by atoms with E-state index in [0.717, 1.165) is 26.7 Å². The topological polar surface area (TPSA) is 49.4 Å². The monoisotopic (exact) mass is 568 g/mol. The molecule has 0 saturated heterocycles. The smallest absolute Gasteiger partial charge is 0.243 e. The minimum Gasteiger partial charge on any atom is -0.355 e. The largest absolute Gasteiger partial charge is 0.355 e. The lowest BCUT2D eigenvalue weighted by Crippen LogP contribution is -2.50. The second-order valence-corrected chi connectivity index (χ2v) is 10.2. The summed E-state index contributed by atoms with van der Waals surface area (Å²) in [5.74, 6) is -0.320. The Balaban J connectivity index is 1.71. The molecule has 1 atom stereocenters. The van der Waals surface area contributed by atoms with Gasteiger partial charge in [0.15, 0.2) is 0 Å². The number of carbonyl (C=O) groups is 2. The van der Waals surface area contributed by atoms with Crippen molar-refractivity contribution in [2.45, 2.75) is 38.3 Å². The molecule has 4 aromatic carbocycles. The Hall–Kier alpha value is -3.70. The highest BCUT2D eigenvalue weighted by Crippen LogP contribution is 2.30. The second-order valence-electron chi connectivity index (χ2n) is 9.33. The molecule has 0 heterocycles. The zero-order chi connectivity index (χ0) is 26.7. The van der Waals surface area contributed by atoms with Gasteiger partial charge in [-0.1, -0.05) is 119 Å². The second kappa shape index (κ2) is 13.7. The summed E-state index contributed by atoms with van der Waals surface area (Å²) in [7, 11) is 0. The molecule has 5 heteroatoms. The predicted molar refractivity (Wildman–Crippen MR) is 157 cm³/mol. The van der Waals surface area contributed by atoms with Crippen LogP contribution in [-0.4, -0.2) is 29.3 Å². The first-order chi connectivity index (χ1) is 18.5. The molecule has 2 amide bonds. The maximum Gasteiger partial charge on any atom is 0.243 e. The van der Waals surface area contributed by atoms with E-state index < -0.39 is 6.04 Å². The lowest BCUT2D eigenvalue weighted by atomic mass is 9.87. The van der Waals surface area contributed by atoms with E-state index in [-0.39, 0.29) is 24.2 Å². The van der Waals surface area contributed by atoms with Gasteiger partial charge in [0, 0.05) is 36.3 Å². The van der Waals surface area contributed by atoms with Crippen LogP contribution >= 0.6 is 15.9 Å². The van der Waals surface area contributed by atoms with Gasteiger partial charge in [-0.05, 0) is 41.3 Å². The van der Waals surface area contributed by atoms with Crippen molar-refractivity contribution >= 4 is 27.7 Å². The van der Waals surface area contributed by atoms with Crippen molar-refractivity contribution in [2.75, 3.05) is 6.54 Å². The minimum absolute atomic E-state index is 0.0576. The molecule has 0 fully saturated rings. The normalized spacial score (nSPS) is 11.7. The van der Waals surface area contributed by atoms with E-state index in [0.29, 0.717) is 19.5 Å². The van der Waals surface area contributed by atoms with Gasteiger partial charge in [0.1, 0.15) is 6.04 Å². The third-order valence-electron chi connectivity index (χ3n) is 6.67. The summed E-state index contributed by atoms with van der Waals surface area (Å²) in [6.07, 6.45) is 0.700. The van der Waals surface area contributed by atoms with Crippen molar-refractivity contribution in [3.8, 4) is 0 Å². The van der Waals surface area contributed by atoms with Gasteiger partial charge in [-0.2, -0.15) is 0 Å². The van der Waals surface area contributed by atoms with Crippen LogP contribution < -0.4 is 5.32 Å². The molecule has 0 aliphatic heterocycles. The third-order valence-corrected chi connectivity index (χ3v) is 7.20. The molecular weight excluding hydrogens is 536 g/mol. The molecule has 4 aromatic rings. The van der Waals surface area contributed by atoms with Gasteiger partial charge < -0.3 is 10.2 Å². The Morgan fingerprint density at radius 3 is 1.79 bits per heavy atom. The molecule has 0 aliphatic rings. The number of rotatable bonds is 11. The van der Waals surface area contributed by atoms with Gasteiger partial charge in [0.05, 0.1) is 0 Å². The van der Waals surface area contributed by atoms with Gasteiger partial charge >= 0.3 is 0 Å². The first-order valence-corrected chi connectivity index (χ1v) is 13.8. The number of nitrogens with zero attached hydrogens (tertiary/aromatic N) is 1. The summed E-state index contributed by atoms with van der Waals surface area (Å²) in [5, 5.41) is 2.97.